The lowest BCUT2D eigenvalue weighted by Gasteiger charge is -2.42. The zero-order valence-corrected chi connectivity index (χ0v) is 15.9. The van der Waals surface area contributed by atoms with Gasteiger partial charge in [-0.2, -0.15) is 0 Å². The second-order valence-electron chi connectivity index (χ2n) is 6.80. The van der Waals surface area contributed by atoms with E-state index in [1.807, 2.05) is 47.4 Å². The minimum absolute atomic E-state index is 0.0714. The molecular formula is C22H28N2O2. The van der Waals surface area contributed by atoms with E-state index in [1.54, 1.807) is 0 Å². The van der Waals surface area contributed by atoms with Crippen LogP contribution in [0.4, 0.5) is 5.69 Å². The molecule has 1 N–H and O–H groups in total. The molecule has 0 saturated heterocycles. The van der Waals surface area contributed by atoms with Crippen molar-refractivity contribution in [1.29, 1.82) is 0 Å². The number of benzene rings is 2. The van der Waals surface area contributed by atoms with Gasteiger partial charge in [0.2, 0.25) is 0 Å². The van der Waals surface area contributed by atoms with Gasteiger partial charge in [-0.05, 0) is 38.0 Å². The van der Waals surface area contributed by atoms with Crippen LogP contribution in [0.15, 0.2) is 48.5 Å². The number of unbranched alkanes of at least 4 members (excludes halogenated alkanes) is 1. The number of hydrogen-bond acceptors (Lipinski definition) is 3. The van der Waals surface area contributed by atoms with E-state index in [1.165, 1.54) is 0 Å². The van der Waals surface area contributed by atoms with E-state index in [0.717, 1.165) is 41.8 Å². The average Bonchev–Trinajstić information content (AvgIpc) is 2.68. The number of carbonyl (C=O) groups is 1. The molecule has 3 rings (SSSR count). The highest BCUT2D eigenvalue weighted by Crippen LogP contribution is 2.38. The number of para-hydroxylation sites is 2. The lowest BCUT2D eigenvalue weighted by molar-refractivity contribution is 0.0590. The van der Waals surface area contributed by atoms with Crippen LogP contribution in [0.2, 0.25) is 0 Å². The largest absolute Gasteiger partial charge is 0.493 e. The second-order valence-corrected chi connectivity index (χ2v) is 6.80. The van der Waals surface area contributed by atoms with E-state index in [2.05, 4.69) is 32.2 Å². The van der Waals surface area contributed by atoms with Crippen molar-refractivity contribution in [3.63, 3.8) is 0 Å². The number of ether oxygens (including phenoxy) is 1. The molecule has 26 heavy (non-hydrogen) atoms. The van der Waals surface area contributed by atoms with Gasteiger partial charge >= 0.3 is 0 Å². The number of nitrogens with zero attached hydrogens (tertiary/aromatic N) is 1. The molecule has 2 unspecified atom stereocenters. The first kappa shape index (κ1) is 18.3. The summed E-state index contributed by atoms with van der Waals surface area (Å²) < 4.78 is 6.04. The fourth-order valence-electron chi connectivity index (χ4n) is 3.31. The van der Waals surface area contributed by atoms with E-state index in [4.69, 9.17) is 4.74 Å². The summed E-state index contributed by atoms with van der Waals surface area (Å²) in [5.74, 6) is 0.918. The van der Waals surface area contributed by atoms with Gasteiger partial charge in [-0.25, -0.2) is 0 Å². The van der Waals surface area contributed by atoms with E-state index in [9.17, 15) is 4.79 Å². The van der Waals surface area contributed by atoms with E-state index in [-0.39, 0.29) is 18.1 Å². The van der Waals surface area contributed by atoms with Crippen LogP contribution in [0, 0.1) is 0 Å². The van der Waals surface area contributed by atoms with Gasteiger partial charge in [0.05, 0.1) is 12.2 Å². The Morgan fingerprint density at radius 1 is 1.12 bits per heavy atom. The molecule has 138 valence electrons. The summed E-state index contributed by atoms with van der Waals surface area (Å²) in [5, 5.41) is 3.56. The number of rotatable bonds is 7. The molecule has 1 amide bonds. The smallest absolute Gasteiger partial charge is 0.258 e. The third kappa shape index (κ3) is 3.55. The number of anilines is 1. The topological polar surface area (TPSA) is 41.6 Å². The molecule has 1 aliphatic heterocycles. The van der Waals surface area contributed by atoms with Crippen molar-refractivity contribution < 1.29 is 9.53 Å². The fourth-order valence-corrected chi connectivity index (χ4v) is 3.31. The van der Waals surface area contributed by atoms with Gasteiger partial charge in [-0.3, -0.25) is 4.79 Å². The monoisotopic (exact) mass is 352 g/mol. The maximum atomic E-state index is 13.2. The molecule has 0 radical (unpaired) electrons. The van der Waals surface area contributed by atoms with Crippen LogP contribution in [-0.4, -0.2) is 23.5 Å². The summed E-state index contributed by atoms with van der Waals surface area (Å²) in [5.41, 5.74) is 2.62. The molecule has 1 heterocycles. The number of hydrogen-bond donors (Lipinski definition) is 1. The van der Waals surface area contributed by atoms with E-state index < -0.39 is 0 Å². The van der Waals surface area contributed by atoms with Crippen LogP contribution in [-0.2, 0) is 0 Å². The lowest BCUT2D eigenvalue weighted by Crippen LogP contribution is -2.47. The minimum atomic E-state index is -0.231. The summed E-state index contributed by atoms with van der Waals surface area (Å²) in [4.78, 5) is 15.2. The molecule has 1 aliphatic rings. The van der Waals surface area contributed by atoms with E-state index in [0.29, 0.717) is 6.61 Å². The van der Waals surface area contributed by atoms with Crippen molar-refractivity contribution in [2.75, 3.05) is 11.9 Å². The second kappa shape index (κ2) is 8.26. The predicted molar refractivity (Wildman–Crippen MR) is 106 cm³/mol. The van der Waals surface area contributed by atoms with Crippen molar-refractivity contribution in [3.8, 4) is 5.75 Å². The van der Waals surface area contributed by atoms with Crippen LogP contribution in [0.1, 0.15) is 62.1 Å². The highest BCUT2D eigenvalue weighted by atomic mass is 16.5. The first-order chi connectivity index (χ1) is 12.7. The molecule has 0 fully saturated rings. The molecule has 0 aliphatic carbocycles. The molecule has 0 bridgehead atoms. The van der Waals surface area contributed by atoms with Gasteiger partial charge in [-0.1, -0.05) is 50.6 Å². The molecular weight excluding hydrogens is 324 g/mol. The summed E-state index contributed by atoms with van der Waals surface area (Å²) in [6.45, 7) is 7.05. The summed E-state index contributed by atoms with van der Waals surface area (Å²) in [6.07, 6.45) is 2.77. The Morgan fingerprint density at radius 3 is 2.62 bits per heavy atom. The molecule has 4 nitrogen and oxygen atoms in total. The highest BCUT2D eigenvalue weighted by Gasteiger charge is 2.36. The Hall–Kier alpha value is -2.49. The van der Waals surface area contributed by atoms with Crippen LogP contribution < -0.4 is 10.1 Å². The zero-order chi connectivity index (χ0) is 18.5. The molecule has 0 spiro atoms. The normalized spacial score (nSPS) is 17.4. The third-order valence-corrected chi connectivity index (χ3v) is 5.00. The number of amides is 1. The van der Waals surface area contributed by atoms with Crippen molar-refractivity contribution in [3.05, 3.63) is 59.7 Å². The molecule has 2 aromatic rings. The van der Waals surface area contributed by atoms with Crippen molar-refractivity contribution in [2.45, 2.75) is 52.2 Å². The molecule has 0 aromatic heterocycles. The van der Waals surface area contributed by atoms with Crippen LogP contribution in [0.25, 0.3) is 0 Å². The Labute approximate surface area is 156 Å². The maximum absolute atomic E-state index is 13.2. The fraction of sp³-hybridized carbons (Fsp3) is 0.409. The van der Waals surface area contributed by atoms with E-state index >= 15 is 0 Å². The standard InChI is InChI=1S/C22H28N2O2/c1-4-6-15-26-20-14-10-8-12-18(20)21-23-19-13-9-7-11-17(19)22(25)24(21)16(3)5-2/h7-14,16,21,23H,4-6,15H2,1-3H3. The maximum Gasteiger partial charge on any atom is 0.258 e. The summed E-state index contributed by atoms with van der Waals surface area (Å²) in [7, 11) is 0. The van der Waals surface area contributed by atoms with Gasteiger partial charge in [0, 0.05) is 17.3 Å². The first-order valence-corrected chi connectivity index (χ1v) is 9.57. The van der Waals surface area contributed by atoms with Gasteiger partial charge in [-0.15, -0.1) is 0 Å². The molecule has 2 atom stereocenters. The Balaban J connectivity index is 2.01. The predicted octanol–water partition coefficient (Wildman–Crippen LogP) is 5.23. The Bertz CT molecular complexity index is 759. The number of fused-ring (bicyclic) bond motifs is 1. The van der Waals surface area contributed by atoms with Gasteiger partial charge in [0.15, 0.2) is 0 Å². The van der Waals surface area contributed by atoms with Crippen LogP contribution >= 0.6 is 0 Å². The quantitative estimate of drug-likeness (QED) is 0.694. The molecule has 4 heteroatoms. The summed E-state index contributed by atoms with van der Waals surface area (Å²) >= 11 is 0. The van der Waals surface area contributed by atoms with Gasteiger partial charge < -0.3 is 15.0 Å². The zero-order valence-electron chi connectivity index (χ0n) is 15.9. The molecule has 2 aromatic carbocycles. The SMILES string of the molecule is CCCCOc1ccccc1C1Nc2ccccc2C(=O)N1C(C)CC. The summed E-state index contributed by atoms with van der Waals surface area (Å²) in [6, 6.07) is 15.9. The van der Waals surface area contributed by atoms with Crippen LogP contribution in [0.5, 0.6) is 5.75 Å². The Morgan fingerprint density at radius 2 is 1.85 bits per heavy atom. The van der Waals surface area contributed by atoms with Crippen molar-refractivity contribution in [1.82, 2.24) is 4.90 Å². The first-order valence-electron chi connectivity index (χ1n) is 9.57. The van der Waals surface area contributed by atoms with Gasteiger partial charge in [0.1, 0.15) is 11.9 Å². The van der Waals surface area contributed by atoms with Crippen molar-refractivity contribution >= 4 is 11.6 Å². The van der Waals surface area contributed by atoms with Crippen molar-refractivity contribution in [2.24, 2.45) is 0 Å². The van der Waals surface area contributed by atoms with Gasteiger partial charge in [0.25, 0.3) is 5.91 Å². The highest BCUT2D eigenvalue weighted by molar-refractivity contribution is 6.02. The lowest BCUT2D eigenvalue weighted by atomic mass is 10.00. The molecule has 0 saturated carbocycles. The average molecular weight is 352 g/mol. The minimum Gasteiger partial charge on any atom is -0.493 e. The number of nitrogens with one attached hydrogen (secondary N) is 1. The Kier molecular flexibility index (Phi) is 5.82. The third-order valence-electron chi connectivity index (χ3n) is 5.00. The number of carbonyl (C=O) groups excluding carboxylic acids is 1. The van der Waals surface area contributed by atoms with Crippen LogP contribution in [0.3, 0.4) is 0 Å².